The number of hydrogen-bond donors (Lipinski definition) is 0. The molecular weight excluding hydrogens is 238 g/mol. The second-order valence-electron chi connectivity index (χ2n) is 7.32. The summed E-state index contributed by atoms with van der Waals surface area (Å²) in [6, 6.07) is 0.560. The molecule has 0 aromatic heterocycles. The van der Waals surface area contributed by atoms with Crippen LogP contribution in [-0.4, -0.2) is 36.1 Å². The Morgan fingerprint density at radius 3 is 2.47 bits per heavy atom. The van der Waals surface area contributed by atoms with Gasteiger partial charge in [-0.15, -0.1) is 0 Å². The molecule has 3 saturated heterocycles. The van der Waals surface area contributed by atoms with Crippen LogP contribution in [0.25, 0.3) is 0 Å². The molecule has 19 heavy (non-hydrogen) atoms. The molecule has 5 aliphatic rings. The van der Waals surface area contributed by atoms with Gasteiger partial charge < -0.3 is 9.64 Å². The van der Waals surface area contributed by atoms with Crippen molar-refractivity contribution in [1.29, 1.82) is 0 Å². The Labute approximate surface area is 115 Å². The minimum absolute atomic E-state index is 0.213. The van der Waals surface area contributed by atoms with Crippen molar-refractivity contribution in [2.45, 2.75) is 63.5 Å². The quantitative estimate of drug-likeness (QED) is 0.766. The molecule has 3 unspecified atom stereocenters. The molecule has 3 atom stereocenters. The van der Waals surface area contributed by atoms with Crippen LogP contribution in [0.1, 0.15) is 51.4 Å². The Balaban J connectivity index is 1.46. The molecule has 4 bridgehead atoms. The summed E-state index contributed by atoms with van der Waals surface area (Å²) in [5.74, 6) is 3.01. The van der Waals surface area contributed by atoms with E-state index in [-0.39, 0.29) is 6.10 Å². The predicted octanol–water partition coefficient (Wildman–Crippen LogP) is 2.59. The normalized spacial score (nSPS) is 44.6. The highest BCUT2D eigenvalue weighted by Gasteiger charge is 2.44. The monoisotopic (exact) mass is 263 g/mol. The molecule has 2 saturated carbocycles. The Morgan fingerprint density at radius 1 is 1.05 bits per heavy atom. The third-order valence-corrected chi connectivity index (χ3v) is 5.85. The van der Waals surface area contributed by atoms with Crippen LogP contribution in [0.15, 0.2) is 0 Å². The lowest BCUT2D eigenvalue weighted by Crippen LogP contribution is -2.43. The molecule has 0 N–H and O–H groups in total. The van der Waals surface area contributed by atoms with E-state index in [9.17, 15) is 4.79 Å². The van der Waals surface area contributed by atoms with Gasteiger partial charge in [0, 0.05) is 19.2 Å². The van der Waals surface area contributed by atoms with Crippen LogP contribution in [0, 0.1) is 17.8 Å². The highest BCUT2D eigenvalue weighted by Crippen LogP contribution is 2.47. The second kappa shape index (κ2) is 4.76. The molecule has 0 radical (unpaired) electrons. The maximum Gasteiger partial charge on any atom is 0.225 e. The number of nitrogens with zero attached hydrogens (tertiary/aromatic N) is 1. The molecule has 5 rings (SSSR count). The van der Waals surface area contributed by atoms with E-state index >= 15 is 0 Å². The molecule has 3 heterocycles. The number of hydrogen-bond acceptors (Lipinski definition) is 2. The Hall–Kier alpha value is -0.570. The van der Waals surface area contributed by atoms with Crippen molar-refractivity contribution in [3.05, 3.63) is 0 Å². The molecule has 3 nitrogen and oxygen atoms in total. The van der Waals surface area contributed by atoms with Crippen LogP contribution in [0.5, 0.6) is 0 Å². The summed E-state index contributed by atoms with van der Waals surface area (Å²) in [6.45, 7) is 1.90. The zero-order chi connectivity index (χ0) is 12.8. The van der Waals surface area contributed by atoms with Gasteiger partial charge in [-0.3, -0.25) is 4.79 Å². The van der Waals surface area contributed by atoms with E-state index in [2.05, 4.69) is 4.90 Å². The Kier molecular flexibility index (Phi) is 3.06. The standard InChI is InChI=1S/C16H25NO2/c18-16(9-15-2-1-3-19-15)17-10-13-5-11-4-12(6-13)8-14(17)7-11/h11-15H,1-10H2. The topological polar surface area (TPSA) is 29.5 Å². The van der Waals surface area contributed by atoms with Crippen LogP contribution in [0.4, 0.5) is 0 Å². The minimum atomic E-state index is 0.213. The molecule has 0 aromatic carbocycles. The van der Waals surface area contributed by atoms with Gasteiger partial charge in [-0.05, 0) is 62.7 Å². The van der Waals surface area contributed by atoms with Gasteiger partial charge in [0.1, 0.15) is 0 Å². The molecule has 106 valence electrons. The molecular formula is C16H25NO2. The van der Waals surface area contributed by atoms with Gasteiger partial charge in [0.2, 0.25) is 5.91 Å². The summed E-state index contributed by atoms with van der Waals surface area (Å²) in [5, 5.41) is 0. The van der Waals surface area contributed by atoms with Gasteiger partial charge in [-0.25, -0.2) is 0 Å². The Bertz CT molecular complexity index is 350. The minimum Gasteiger partial charge on any atom is -0.378 e. The van der Waals surface area contributed by atoms with Crippen molar-refractivity contribution in [3.63, 3.8) is 0 Å². The predicted molar refractivity (Wildman–Crippen MR) is 72.6 cm³/mol. The summed E-state index contributed by atoms with van der Waals surface area (Å²) < 4.78 is 5.64. The molecule has 0 spiro atoms. The number of ether oxygens (including phenoxy) is 1. The zero-order valence-corrected chi connectivity index (χ0v) is 11.7. The molecule has 1 amide bonds. The van der Waals surface area contributed by atoms with E-state index < -0.39 is 0 Å². The number of amides is 1. The number of carbonyl (C=O) groups excluding carboxylic acids is 1. The lowest BCUT2D eigenvalue weighted by atomic mass is 9.68. The van der Waals surface area contributed by atoms with Crippen molar-refractivity contribution >= 4 is 5.91 Å². The number of carbonyl (C=O) groups is 1. The van der Waals surface area contributed by atoms with E-state index in [0.29, 0.717) is 18.4 Å². The average molecular weight is 263 g/mol. The van der Waals surface area contributed by atoms with Gasteiger partial charge >= 0.3 is 0 Å². The van der Waals surface area contributed by atoms with Crippen molar-refractivity contribution in [2.75, 3.05) is 13.2 Å². The van der Waals surface area contributed by atoms with Gasteiger partial charge in [0.05, 0.1) is 12.5 Å². The summed E-state index contributed by atoms with van der Waals surface area (Å²) in [7, 11) is 0. The fourth-order valence-electron chi connectivity index (χ4n) is 5.21. The van der Waals surface area contributed by atoms with Crippen LogP contribution in [-0.2, 0) is 9.53 Å². The van der Waals surface area contributed by atoms with E-state index in [1.165, 1.54) is 32.1 Å². The number of rotatable bonds is 2. The largest absolute Gasteiger partial charge is 0.378 e. The van der Waals surface area contributed by atoms with Crippen molar-refractivity contribution in [3.8, 4) is 0 Å². The van der Waals surface area contributed by atoms with Gasteiger partial charge in [-0.2, -0.15) is 0 Å². The average Bonchev–Trinajstić information content (AvgIpc) is 2.79. The van der Waals surface area contributed by atoms with Crippen LogP contribution in [0.2, 0.25) is 0 Å². The molecule has 0 aromatic rings. The first-order valence-corrected chi connectivity index (χ1v) is 8.19. The maximum atomic E-state index is 12.6. The third-order valence-electron chi connectivity index (χ3n) is 5.85. The summed E-state index contributed by atoms with van der Waals surface area (Å²) in [5.41, 5.74) is 0. The maximum absolute atomic E-state index is 12.6. The second-order valence-corrected chi connectivity index (χ2v) is 7.32. The SMILES string of the molecule is O=C(CC1CCCO1)N1CC2CC3CC(C2)CC1C3. The fourth-order valence-corrected chi connectivity index (χ4v) is 5.21. The van der Waals surface area contributed by atoms with E-state index in [4.69, 9.17) is 4.74 Å². The van der Waals surface area contributed by atoms with Crippen molar-refractivity contribution in [2.24, 2.45) is 17.8 Å². The smallest absolute Gasteiger partial charge is 0.225 e. The van der Waals surface area contributed by atoms with Crippen LogP contribution >= 0.6 is 0 Å². The summed E-state index contributed by atoms with van der Waals surface area (Å²) in [6.07, 6.45) is 9.85. The van der Waals surface area contributed by atoms with Gasteiger partial charge in [0.15, 0.2) is 0 Å². The highest BCUT2D eigenvalue weighted by atomic mass is 16.5. The summed E-state index contributed by atoms with van der Waals surface area (Å²) >= 11 is 0. The lowest BCUT2D eigenvalue weighted by Gasteiger charge is -2.39. The van der Waals surface area contributed by atoms with E-state index in [0.717, 1.165) is 43.7 Å². The lowest BCUT2D eigenvalue weighted by molar-refractivity contribution is -0.136. The molecule has 3 heteroatoms. The number of fused-ring (bicyclic) bond motifs is 1. The zero-order valence-electron chi connectivity index (χ0n) is 11.7. The Morgan fingerprint density at radius 2 is 1.79 bits per heavy atom. The molecule has 5 fully saturated rings. The van der Waals surface area contributed by atoms with Crippen molar-refractivity contribution in [1.82, 2.24) is 4.90 Å². The fraction of sp³-hybridized carbons (Fsp3) is 0.938. The van der Waals surface area contributed by atoms with E-state index in [1.807, 2.05) is 0 Å². The van der Waals surface area contributed by atoms with Gasteiger partial charge in [-0.1, -0.05) is 0 Å². The van der Waals surface area contributed by atoms with Gasteiger partial charge in [0.25, 0.3) is 0 Å². The first kappa shape index (κ1) is 12.2. The highest BCUT2D eigenvalue weighted by molar-refractivity contribution is 5.77. The summed E-state index contributed by atoms with van der Waals surface area (Å²) in [4.78, 5) is 14.9. The van der Waals surface area contributed by atoms with E-state index in [1.54, 1.807) is 0 Å². The van der Waals surface area contributed by atoms with Crippen LogP contribution < -0.4 is 0 Å². The van der Waals surface area contributed by atoms with Crippen molar-refractivity contribution < 1.29 is 9.53 Å². The molecule has 3 aliphatic heterocycles. The molecule has 2 aliphatic carbocycles. The third kappa shape index (κ3) is 2.31. The first-order chi connectivity index (χ1) is 9.28. The van der Waals surface area contributed by atoms with Crippen LogP contribution in [0.3, 0.4) is 0 Å². The first-order valence-electron chi connectivity index (χ1n) is 8.19.